The predicted octanol–water partition coefficient (Wildman–Crippen LogP) is 4.24. The number of hydrogen-bond acceptors (Lipinski definition) is 4. The van der Waals surface area contributed by atoms with E-state index in [0.29, 0.717) is 26.2 Å². The van der Waals surface area contributed by atoms with E-state index in [1.54, 1.807) is 0 Å². The molecule has 0 aromatic rings. The average molecular weight is 324 g/mol. The number of ether oxygens (including phenoxy) is 3. The van der Waals surface area contributed by atoms with Gasteiger partial charge in [0.25, 0.3) is 0 Å². The summed E-state index contributed by atoms with van der Waals surface area (Å²) >= 11 is 0. The summed E-state index contributed by atoms with van der Waals surface area (Å²) in [4.78, 5) is 11.5. The van der Waals surface area contributed by atoms with Gasteiger partial charge in [-0.05, 0) is 39.0 Å². The first kappa shape index (κ1) is 21.7. The Labute approximate surface area is 141 Å². The van der Waals surface area contributed by atoms with E-state index >= 15 is 0 Å². The molecule has 0 aromatic heterocycles. The van der Waals surface area contributed by atoms with Gasteiger partial charge in [-0.25, -0.2) is 0 Å². The third-order valence-electron chi connectivity index (χ3n) is 3.00. The summed E-state index contributed by atoms with van der Waals surface area (Å²) in [5.74, 6) is 5.92. The van der Waals surface area contributed by atoms with Gasteiger partial charge in [0.15, 0.2) is 0 Å². The van der Waals surface area contributed by atoms with Gasteiger partial charge in [-0.2, -0.15) is 0 Å². The smallest absolute Gasteiger partial charge is 0.306 e. The maximum absolute atomic E-state index is 11.5. The molecule has 0 N–H and O–H groups in total. The molecule has 0 amide bonds. The second kappa shape index (κ2) is 17.1. The Bertz CT molecular complexity index is 359. The molecule has 0 aliphatic carbocycles. The lowest BCUT2D eigenvalue weighted by Crippen LogP contribution is -2.14. The van der Waals surface area contributed by atoms with Crippen LogP contribution in [-0.2, 0) is 19.0 Å². The second-order valence-electron chi connectivity index (χ2n) is 5.07. The monoisotopic (exact) mass is 324 g/mol. The van der Waals surface area contributed by atoms with Gasteiger partial charge >= 0.3 is 5.97 Å². The molecular formula is C19H32O4. The number of hydrogen-bond donors (Lipinski definition) is 0. The van der Waals surface area contributed by atoms with Crippen molar-refractivity contribution in [3.8, 4) is 11.8 Å². The highest BCUT2D eigenvalue weighted by atomic mass is 16.7. The maximum Gasteiger partial charge on any atom is 0.306 e. The van der Waals surface area contributed by atoms with Crippen LogP contribution < -0.4 is 0 Å². The Hall–Kier alpha value is -1.31. The van der Waals surface area contributed by atoms with Crippen LogP contribution in [0.5, 0.6) is 0 Å². The first-order valence-electron chi connectivity index (χ1n) is 8.76. The minimum Gasteiger partial charge on any atom is -0.461 e. The van der Waals surface area contributed by atoms with Crippen LogP contribution in [0.25, 0.3) is 0 Å². The number of esters is 1. The minimum atomic E-state index is -0.416. The highest BCUT2D eigenvalue weighted by Gasteiger charge is 2.02. The van der Waals surface area contributed by atoms with Crippen molar-refractivity contribution in [3.63, 3.8) is 0 Å². The van der Waals surface area contributed by atoms with Crippen molar-refractivity contribution in [2.24, 2.45) is 0 Å². The molecule has 0 bridgehead atoms. The quantitative estimate of drug-likeness (QED) is 0.167. The Balaban J connectivity index is 3.59. The molecule has 132 valence electrons. The molecule has 0 aliphatic heterocycles. The molecule has 0 saturated carbocycles. The number of unbranched alkanes of at least 4 members (excludes halogenated alkanes) is 4. The van der Waals surface area contributed by atoms with Gasteiger partial charge in [0.2, 0.25) is 6.29 Å². The fourth-order valence-corrected chi connectivity index (χ4v) is 1.81. The van der Waals surface area contributed by atoms with Crippen LogP contribution in [0.4, 0.5) is 0 Å². The van der Waals surface area contributed by atoms with E-state index in [1.165, 1.54) is 0 Å². The lowest BCUT2D eigenvalue weighted by molar-refractivity contribution is -0.142. The fourth-order valence-electron chi connectivity index (χ4n) is 1.81. The van der Waals surface area contributed by atoms with Crippen LogP contribution in [0, 0.1) is 11.8 Å². The summed E-state index contributed by atoms with van der Waals surface area (Å²) in [6.45, 7) is 7.54. The molecule has 0 saturated heterocycles. The van der Waals surface area contributed by atoms with Crippen molar-refractivity contribution in [1.29, 1.82) is 0 Å². The second-order valence-corrected chi connectivity index (χ2v) is 5.07. The molecular weight excluding hydrogens is 292 g/mol. The summed E-state index contributed by atoms with van der Waals surface area (Å²) in [7, 11) is 0. The summed E-state index contributed by atoms with van der Waals surface area (Å²) in [6, 6.07) is 0. The summed E-state index contributed by atoms with van der Waals surface area (Å²) in [5, 5.41) is 0. The van der Waals surface area contributed by atoms with Crippen molar-refractivity contribution in [3.05, 3.63) is 12.2 Å². The van der Waals surface area contributed by atoms with E-state index in [4.69, 9.17) is 14.2 Å². The largest absolute Gasteiger partial charge is 0.461 e. The van der Waals surface area contributed by atoms with Gasteiger partial charge in [-0.15, -0.1) is 0 Å². The zero-order valence-electron chi connectivity index (χ0n) is 14.9. The molecule has 0 fully saturated rings. The molecule has 0 heterocycles. The van der Waals surface area contributed by atoms with E-state index in [2.05, 4.69) is 18.8 Å². The topological polar surface area (TPSA) is 44.8 Å². The van der Waals surface area contributed by atoms with Gasteiger partial charge in [-0.3, -0.25) is 4.79 Å². The van der Waals surface area contributed by atoms with Crippen LogP contribution in [0.3, 0.4) is 0 Å². The molecule has 0 aromatic carbocycles. The molecule has 0 unspecified atom stereocenters. The molecule has 4 nitrogen and oxygen atoms in total. The molecule has 0 rings (SSSR count). The molecule has 0 spiro atoms. The standard InChI is InChI=1S/C19H32O4/c1-4-7-8-14-17-23-18(20)15-12-10-9-11-13-16-19(21-5-2)22-6-3/h8,14,19H,4-7,9-12,15,17H2,1-3H3. The summed E-state index contributed by atoms with van der Waals surface area (Å²) in [6.07, 6.45) is 9.76. The van der Waals surface area contributed by atoms with Gasteiger partial charge in [-0.1, -0.05) is 37.8 Å². The third-order valence-corrected chi connectivity index (χ3v) is 3.00. The Morgan fingerprint density at radius 2 is 1.78 bits per heavy atom. The highest BCUT2D eigenvalue weighted by molar-refractivity contribution is 5.69. The van der Waals surface area contributed by atoms with Crippen molar-refractivity contribution in [1.82, 2.24) is 0 Å². The summed E-state index contributed by atoms with van der Waals surface area (Å²) in [5.41, 5.74) is 0. The van der Waals surface area contributed by atoms with Crippen LogP contribution in [-0.4, -0.2) is 32.1 Å². The van der Waals surface area contributed by atoms with E-state index in [1.807, 2.05) is 26.0 Å². The first-order chi connectivity index (χ1) is 11.2. The predicted molar refractivity (Wildman–Crippen MR) is 92.9 cm³/mol. The van der Waals surface area contributed by atoms with Gasteiger partial charge < -0.3 is 14.2 Å². The summed E-state index contributed by atoms with van der Waals surface area (Å²) < 4.78 is 15.8. The van der Waals surface area contributed by atoms with Crippen LogP contribution in [0.1, 0.15) is 65.7 Å². The number of carbonyl (C=O) groups is 1. The highest BCUT2D eigenvalue weighted by Crippen LogP contribution is 2.04. The van der Waals surface area contributed by atoms with Crippen molar-refractivity contribution < 1.29 is 19.0 Å². The lowest BCUT2D eigenvalue weighted by atomic mass is 10.1. The van der Waals surface area contributed by atoms with E-state index in [-0.39, 0.29) is 5.97 Å². The normalized spacial score (nSPS) is 10.8. The SMILES string of the molecule is CCCC=CCOC(=O)CCCCCC#CC(OCC)OCC. The van der Waals surface area contributed by atoms with Crippen molar-refractivity contribution in [2.45, 2.75) is 72.0 Å². The minimum absolute atomic E-state index is 0.120. The van der Waals surface area contributed by atoms with Crippen LogP contribution >= 0.6 is 0 Å². The van der Waals surface area contributed by atoms with Gasteiger partial charge in [0.05, 0.1) is 0 Å². The zero-order chi connectivity index (χ0) is 17.2. The van der Waals surface area contributed by atoms with Crippen molar-refractivity contribution in [2.75, 3.05) is 19.8 Å². The lowest BCUT2D eigenvalue weighted by Gasteiger charge is -2.09. The van der Waals surface area contributed by atoms with E-state index in [9.17, 15) is 4.79 Å². The number of rotatable bonds is 13. The molecule has 4 heteroatoms. The van der Waals surface area contributed by atoms with Crippen LogP contribution in [0.2, 0.25) is 0 Å². The third kappa shape index (κ3) is 15.4. The molecule has 0 atom stereocenters. The first-order valence-corrected chi connectivity index (χ1v) is 8.76. The Kier molecular flexibility index (Phi) is 16.1. The molecule has 0 aliphatic rings. The van der Waals surface area contributed by atoms with E-state index in [0.717, 1.165) is 38.5 Å². The van der Waals surface area contributed by atoms with Gasteiger partial charge in [0, 0.05) is 26.1 Å². The number of carbonyl (C=O) groups excluding carboxylic acids is 1. The van der Waals surface area contributed by atoms with Crippen molar-refractivity contribution >= 4 is 5.97 Å². The number of allylic oxidation sites excluding steroid dienone is 1. The average Bonchev–Trinajstić information content (AvgIpc) is 2.54. The van der Waals surface area contributed by atoms with Gasteiger partial charge in [0.1, 0.15) is 6.61 Å². The Morgan fingerprint density at radius 1 is 1.04 bits per heavy atom. The Morgan fingerprint density at radius 3 is 2.43 bits per heavy atom. The van der Waals surface area contributed by atoms with Crippen LogP contribution in [0.15, 0.2) is 12.2 Å². The zero-order valence-corrected chi connectivity index (χ0v) is 14.9. The molecule has 0 radical (unpaired) electrons. The maximum atomic E-state index is 11.5. The molecule has 23 heavy (non-hydrogen) atoms. The fraction of sp³-hybridized carbons (Fsp3) is 0.737. The van der Waals surface area contributed by atoms with E-state index < -0.39 is 6.29 Å².